The fourth-order valence-corrected chi connectivity index (χ4v) is 8.64. The van der Waals surface area contributed by atoms with Crippen LogP contribution in [0.2, 0.25) is 0 Å². The Bertz CT molecular complexity index is 3410. The molecule has 8 aromatic carbocycles. The summed E-state index contributed by atoms with van der Waals surface area (Å²) < 4.78 is 10.7. The lowest BCUT2D eigenvalue weighted by atomic mass is 9.98. The Balaban J connectivity index is 1.02. The van der Waals surface area contributed by atoms with Crippen molar-refractivity contribution < 1.29 is 4.42 Å². The summed E-state index contributed by atoms with van der Waals surface area (Å²) in [6.07, 6.45) is 0. The summed E-state index contributed by atoms with van der Waals surface area (Å²) in [6, 6.07) is 65.5. The summed E-state index contributed by atoms with van der Waals surface area (Å²) in [5.74, 6) is 1.77. The molecule has 0 amide bonds. The van der Waals surface area contributed by atoms with Crippen LogP contribution in [0.1, 0.15) is 0 Å². The molecule has 0 aliphatic heterocycles. The largest absolute Gasteiger partial charge is 0.456 e. The van der Waals surface area contributed by atoms with E-state index in [-0.39, 0.29) is 0 Å². The number of benzene rings is 8. The van der Waals surface area contributed by atoms with E-state index < -0.39 is 0 Å². The van der Waals surface area contributed by atoms with Crippen molar-refractivity contribution >= 4 is 65.6 Å². The summed E-state index contributed by atoms with van der Waals surface area (Å²) >= 11 is 0. The van der Waals surface area contributed by atoms with Gasteiger partial charge >= 0.3 is 0 Å². The zero-order valence-electron chi connectivity index (χ0n) is 30.5. The van der Waals surface area contributed by atoms with Crippen LogP contribution in [0.3, 0.4) is 0 Å². The zero-order valence-corrected chi connectivity index (χ0v) is 30.5. The number of hydrogen-bond acceptors (Lipinski definition) is 4. The Morgan fingerprint density at radius 1 is 0.333 bits per heavy atom. The lowest BCUT2D eigenvalue weighted by molar-refractivity contribution is 0.669. The van der Waals surface area contributed by atoms with E-state index in [4.69, 9.17) is 19.4 Å². The topological polar surface area (TPSA) is 61.7 Å². The SMILES string of the molecule is c1ccc2c(c1)oc1cccc(-c3ccc(-c4nc(-c5ccc(-n6c7ccccc7c7ccccc76)cc5)nc(-n5c6ccccc6c6ccccc65)n4)cc3)c12. The molecule has 0 spiro atoms. The number of furan rings is 1. The molecule has 0 fully saturated rings. The maximum atomic E-state index is 6.21. The summed E-state index contributed by atoms with van der Waals surface area (Å²) in [4.78, 5) is 15.6. The van der Waals surface area contributed by atoms with Crippen LogP contribution in [-0.2, 0) is 0 Å². The van der Waals surface area contributed by atoms with E-state index in [0.717, 1.165) is 71.7 Å². The van der Waals surface area contributed by atoms with Gasteiger partial charge in [-0.3, -0.25) is 4.57 Å². The number of rotatable bonds is 5. The zero-order chi connectivity index (χ0) is 37.5. The van der Waals surface area contributed by atoms with Gasteiger partial charge < -0.3 is 8.98 Å². The molecule has 6 nitrogen and oxygen atoms in total. The summed E-state index contributed by atoms with van der Waals surface area (Å²) in [6.45, 7) is 0. The van der Waals surface area contributed by atoms with Crippen LogP contribution in [0.4, 0.5) is 0 Å². The number of para-hydroxylation sites is 5. The minimum Gasteiger partial charge on any atom is -0.456 e. The molecule has 12 aromatic rings. The van der Waals surface area contributed by atoms with Gasteiger partial charge in [0.1, 0.15) is 11.2 Å². The van der Waals surface area contributed by atoms with Gasteiger partial charge in [0.2, 0.25) is 5.95 Å². The Labute approximate surface area is 326 Å². The molecule has 0 unspecified atom stereocenters. The predicted molar refractivity (Wildman–Crippen MR) is 232 cm³/mol. The Hall–Kier alpha value is -7.83. The first-order chi connectivity index (χ1) is 28.3. The van der Waals surface area contributed by atoms with Crippen LogP contribution in [-0.4, -0.2) is 24.1 Å². The number of aromatic nitrogens is 5. The Kier molecular flexibility index (Phi) is 6.83. The van der Waals surface area contributed by atoms with Gasteiger partial charge in [0.15, 0.2) is 11.6 Å². The van der Waals surface area contributed by atoms with Gasteiger partial charge in [-0.1, -0.05) is 127 Å². The number of hydrogen-bond donors (Lipinski definition) is 0. The molecule has 12 rings (SSSR count). The fourth-order valence-electron chi connectivity index (χ4n) is 8.64. The highest BCUT2D eigenvalue weighted by Crippen LogP contribution is 2.38. The van der Waals surface area contributed by atoms with Crippen LogP contribution >= 0.6 is 0 Å². The van der Waals surface area contributed by atoms with E-state index in [1.165, 1.54) is 21.8 Å². The molecule has 6 heteroatoms. The third kappa shape index (κ3) is 4.87. The van der Waals surface area contributed by atoms with Crippen molar-refractivity contribution in [3.63, 3.8) is 0 Å². The molecule has 4 aromatic heterocycles. The van der Waals surface area contributed by atoms with Gasteiger partial charge in [0.25, 0.3) is 0 Å². The van der Waals surface area contributed by atoms with Crippen molar-refractivity contribution in [1.82, 2.24) is 24.1 Å². The average Bonchev–Trinajstić information content (AvgIpc) is 3.94. The summed E-state index contributed by atoms with van der Waals surface area (Å²) in [5.41, 5.74) is 11.3. The third-order valence-corrected chi connectivity index (χ3v) is 11.2. The van der Waals surface area contributed by atoms with Gasteiger partial charge in [-0.2, -0.15) is 9.97 Å². The molecule has 0 atom stereocenters. The molecule has 266 valence electrons. The van der Waals surface area contributed by atoms with Gasteiger partial charge in [-0.25, -0.2) is 4.98 Å². The monoisotopic (exact) mass is 729 g/mol. The van der Waals surface area contributed by atoms with Crippen molar-refractivity contribution in [2.24, 2.45) is 0 Å². The van der Waals surface area contributed by atoms with Crippen LogP contribution in [0, 0.1) is 0 Å². The molecule has 0 aliphatic carbocycles. The lowest BCUT2D eigenvalue weighted by Crippen LogP contribution is -2.06. The van der Waals surface area contributed by atoms with Gasteiger partial charge in [0.05, 0.1) is 22.1 Å². The average molecular weight is 730 g/mol. The second kappa shape index (κ2) is 12.3. The molecule has 0 bridgehead atoms. The van der Waals surface area contributed by atoms with Gasteiger partial charge in [-0.05, 0) is 71.8 Å². The summed E-state index contributed by atoms with van der Waals surface area (Å²) in [7, 11) is 0. The highest BCUT2D eigenvalue weighted by atomic mass is 16.3. The maximum absolute atomic E-state index is 6.21. The molecule has 0 saturated carbocycles. The highest BCUT2D eigenvalue weighted by molar-refractivity contribution is 6.13. The smallest absolute Gasteiger partial charge is 0.238 e. The second-order valence-corrected chi connectivity index (χ2v) is 14.4. The van der Waals surface area contributed by atoms with Gasteiger partial charge in [0, 0.05) is 49.1 Å². The molecule has 0 N–H and O–H groups in total. The fraction of sp³-hybridized carbons (Fsp3) is 0. The van der Waals surface area contributed by atoms with E-state index in [0.29, 0.717) is 17.6 Å². The van der Waals surface area contributed by atoms with E-state index in [2.05, 4.69) is 179 Å². The van der Waals surface area contributed by atoms with E-state index >= 15 is 0 Å². The van der Waals surface area contributed by atoms with Crippen molar-refractivity contribution in [2.75, 3.05) is 0 Å². The standard InChI is InChI=1S/C51H31N5O/c1-6-18-42-37(12-1)38-13-2-7-19-43(38)55(42)35-30-28-34(29-31-35)50-52-49(53-51(54-50)56-44-20-8-3-14-39(44)40-15-4-9-21-45(40)56)33-26-24-32(25-27-33)36-17-11-23-47-48(36)41-16-5-10-22-46(41)57-47/h1-31H. The second-order valence-electron chi connectivity index (χ2n) is 14.4. The minimum absolute atomic E-state index is 0.567. The Morgan fingerprint density at radius 3 is 1.33 bits per heavy atom. The predicted octanol–water partition coefficient (Wildman–Crippen LogP) is 13.0. The Morgan fingerprint density at radius 2 is 0.772 bits per heavy atom. The van der Waals surface area contributed by atoms with Crippen LogP contribution < -0.4 is 0 Å². The molecule has 0 saturated heterocycles. The van der Waals surface area contributed by atoms with Crippen molar-refractivity contribution in [2.45, 2.75) is 0 Å². The summed E-state index contributed by atoms with van der Waals surface area (Å²) in [5, 5.41) is 6.98. The van der Waals surface area contributed by atoms with Crippen molar-refractivity contribution in [3.05, 3.63) is 188 Å². The van der Waals surface area contributed by atoms with E-state index in [1.807, 2.05) is 18.2 Å². The normalized spacial score (nSPS) is 11.9. The van der Waals surface area contributed by atoms with Crippen LogP contribution in [0.25, 0.3) is 111 Å². The quantitative estimate of drug-likeness (QED) is 0.177. The van der Waals surface area contributed by atoms with Gasteiger partial charge in [-0.15, -0.1) is 0 Å². The third-order valence-electron chi connectivity index (χ3n) is 11.2. The van der Waals surface area contributed by atoms with Crippen LogP contribution in [0.15, 0.2) is 192 Å². The molecule has 57 heavy (non-hydrogen) atoms. The van der Waals surface area contributed by atoms with Crippen LogP contribution in [0.5, 0.6) is 0 Å². The lowest BCUT2D eigenvalue weighted by Gasteiger charge is -2.12. The van der Waals surface area contributed by atoms with E-state index in [9.17, 15) is 0 Å². The number of nitrogens with zero attached hydrogens (tertiary/aromatic N) is 5. The molecular weight excluding hydrogens is 699 g/mol. The highest BCUT2D eigenvalue weighted by Gasteiger charge is 2.19. The molecule has 4 heterocycles. The van der Waals surface area contributed by atoms with Crippen molar-refractivity contribution in [3.8, 4) is 45.5 Å². The molecule has 0 radical (unpaired) electrons. The van der Waals surface area contributed by atoms with E-state index in [1.54, 1.807) is 0 Å². The number of fused-ring (bicyclic) bond motifs is 9. The first-order valence-electron chi connectivity index (χ1n) is 19.1. The van der Waals surface area contributed by atoms with Crippen molar-refractivity contribution in [1.29, 1.82) is 0 Å². The first-order valence-corrected chi connectivity index (χ1v) is 19.1. The first kappa shape index (κ1) is 31.5. The maximum Gasteiger partial charge on any atom is 0.238 e. The molecule has 0 aliphatic rings. The molecular formula is C51H31N5O. The minimum atomic E-state index is 0.567.